The first-order chi connectivity index (χ1) is 11.0. The topological polar surface area (TPSA) is 42.4 Å². The van der Waals surface area contributed by atoms with Gasteiger partial charge in [-0.1, -0.05) is 26.0 Å². The summed E-state index contributed by atoms with van der Waals surface area (Å²) in [6.07, 6.45) is 1.71. The van der Waals surface area contributed by atoms with E-state index in [9.17, 15) is 4.79 Å². The average Bonchev–Trinajstić information content (AvgIpc) is 2.54. The molecule has 0 saturated carbocycles. The van der Waals surface area contributed by atoms with Crippen LogP contribution in [0.2, 0.25) is 0 Å². The molecule has 0 aliphatic heterocycles. The Morgan fingerprint density at radius 2 is 1.91 bits per heavy atom. The van der Waals surface area contributed by atoms with E-state index in [0.717, 1.165) is 17.0 Å². The van der Waals surface area contributed by atoms with Gasteiger partial charge in [-0.15, -0.1) is 0 Å². The number of nitrogens with zero attached hydrogens (tertiary/aromatic N) is 2. The van der Waals surface area contributed by atoms with E-state index in [2.05, 4.69) is 18.8 Å². The van der Waals surface area contributed by atoms with E-state index in [1.807, 2.05) is 42.2 Å². The van der Waals surface area contributed by atoms with Gasteiger partial charge in [0.15, 0.2) is 0 Å². The van der Waals surface area contributed by atoms with Crippen molar-refractivity contribution in [2.45, 2.75) is 27.3 Å². The summed E-state index contributed by atoms with van der Waals surface area (Å²) >= 11 is 0. The lowest BCUT2D eigenvalue weighted by Crippen LogP contribution is -2.34. The number of rotatable bonds is 6. The highest BCUT2D eigenvalue weighted by molar-refractivity contribution is 5.95. The number of hydrogen-bond donors (Lipinski definition) is 0. The Morgan fingerprint density at radius 1 is 1.22 bits per heavy atom. The molecule has 0 unspecified atom stereocenters. The van der Waals surface area contributed by atoms with Crippen LogP contribution in [0.4, 0.5) is 0 Å². The number of benzene rings is 1. The van der Waals surface area contributed by atoms with E-state index in [4.69, 9.17) is 4.74 Å². The van der Waals surface area contributed by atoms with E-state index in [1.54, 1.807) is 19.4 Å². The quantitative estimate of drug-likeness (QED) is 0.817. The van der Waals surface area contributed by atoms with Gasteiger partial charge in [0.05, 0.1) is 12.7 Å². The molecule has 0 aliphatic rings. The Balaban J connectivity index is 2.22. The molecular weight excluding hydrogens is 288 g/mol. The van der Waals surface area contributed by atoms with Gasteiger partial charge in [0.2, 0.25) is 0 Å². The van der Waals surface area contributed by atoms with Crippen LogP contribution in [0.5, 0.6) is 5.75 Å². The van der Waals surface area contributed by atoms with Gasteiger partial charge in [0, 0.05) is 25.0 Å². The first-order valence-corrected chi connectivity index (χ1v) is 7.85. The van der Waals surface area contributed by atoms with Crippen LogP contribution in [-0.4, -0.2) is 29.4 Å². The maximum Gasteiger partial charge on any atom is 0.256 e. The first kappa shape index (κ1) is 17.0. The number of ether oxygens (including phenoxy) is 1. The predicted octanol–water partition coefficient (Wildman–Crippen LogP) is 3.70. The molecule has 0 aliphatic carbocycles. The molecule has 4 nitrogen and oxygen atoms in total. The molecule has 2 aromatic rings. The van der Waals surface area contributed by atoms with Crippen molar-refractivity contribution >= 4 is 5.91 Å². The standard InChI is InChI=1S/C19H24N2O2/c1-14(2)12-21(13-16-7-9-17(23-4)10-8-16)19(22)18-6-5-11-20-15(18)3/h5-11,14H,12-13H2,1-4H3. The van der Waals surface area contributed by atoms with Gasteiger partial charge in [0.1, 0.15) is 5.75 Å². The highest BCUT2D eigenvalue weighted by atomic mass is 16.5. The molecule has 0 bridgehead atoms. The summed E-state index contributed by atoms with van der Waals surface area (Å²) in [6.45, 7) is 7.39. The number of carbonyl (C=O) groups excluding carboxylic acids is 1. The zero-order chi connectivity index (χ0) is 16.8. The molecule has 0 saturated heterocycles. The van der Waals surface area contributed by atoms with Crippen molar-refractivity contribution in [3.8, 4) is 5.75 Å². The van der Waals surface area contributed by atoms with E-state index < -0.39 is 0 Å². The van der Waals surface area contributed by atoms with Gasteiger partial charge in [-0.3, -0.25) is 9.78 Å². The zero-order valence-electron chi connectivity index (χ0n) is 14.2. The van der Waals surface area contributed by atoms with Crippen LogP contribution in [0.3, 0.4) is 0 Å². The molecule has 0 radical (unpaired) electrons. The van der Waals surface area contributed by atoms with Gasteiger partial charge in [0.25, 0.3) is 5.91 Å². The molecule has 0 N–H and O–H groups in total. The molecule has 0 atom stereocenters. The number of pyridine rings is 1. The van der Waals surface area contributed by atoms with Crippen molar-refractivity contribution in [3.63, 3.8) is 0 Å². The summed E-state index contributed by atoms with van der Waals surface area (Å²) in [6, 6.07) is 11.5. The normalized spacial score (nSPS) is 10.7. The molecular formula is C19H24N2O2. The summed E-state index contributed by atoms with van der Waals surface area (Å²) in [5, 5.41) is 0. The molecule has 1 amide bonds. The summed E-state index contributed by atoms with van der Waals surface area (Å²) in [5.41, 5.74) is 2.52. The van der Waals surface area contributed by atoms with Crippen molar-refractivity contribution in [2.75, 3.05) is 13.7 Å². The third-order valence-electron chi connectivity index (χ3n) is 3.64. The highest BCUT2D eigenvalue weighted by Crippen LogP contribution is 2.16. The van der Waals surface area contributed by atoms with Gasteiger partial charge in [-0.2, -0.15) is 0 Å². The number of aryl methyl sites for hydroxylation is 1. The smallest absolute Gasteiger partial charge is 0.256 e. The van der Waals surface area contributed by atoms with Crippen LogP contribution in [0, 0.1) is 12.8 Å². The van der Waals surface area contributed by atoms with Gasteiger partial charge >= 0.3 is 0 Å². The van der Waals surface area contributed by atoms with E-state index >= 15 is 0 Å². The minimum Gasteiger partial charge on any atom is -0.497 e. The Morgan fingerprint density at radius 3 is 2.48 bits per heavy atom. The summed E-state index contributed by atoms with van der Waals surface area (Å²) < 4.78 is 5.18. The Hall–Kier alpha value is -2.36. The Bertz CT molecular complexity index is 651. The van der Waals surface area contributed by atoms with Crippen molar-refractivity contribution in [1.29, 1.82) is 0 Å². The second-order valence-electron chi connectivity index (χ2n) is 6.06. The fraction of sp³-hybridized carbons (Fsp3) is 0.368. The SMILES string of the molecule is COc1ccc(CN(CC(C)C)C(=O)c2cccnc2C)cc1. The molecule has 0 fully saturated rings. The fourth-order valence-electron chi connectivity index (χ4n) is 2.49. The molecule has 0 spiro atoms. The monoisotopic (exact) mass is 312 g/mol. The Labute approximate surface area is 138 Å². The van der Waals surface area contributed by atoms with Crippen LogP contribution in [-0.2, 0) is 6.54 Å². The second kappa shape index (κ2) is 7.77. The maximum atomic E-state index is 12.9. The van der Waals surface area contributed by atoms with Crippen LogP contribution < -0.4 is 4.74 Å². The van der Waals surface area contributed by atoms with Gasteiger partial charge < -0.3 is 9.64 Å². The second-order valence-corrected chi connectivity index (χ2v) is 6.06. The van der Waals surface area contributed by atoms with Crippen molar-refractivity contribution < 1.29 is 9.53 Å². The molecule has 122 valence electrons. The largest absolute Gasteiger partial charge is 0.497 e. The third-order valence-corrected chi connectivity index (χ3v) is 3.64. The summed E-state index contributed by atoms with van der Waals surface area (Å²) in [4.78, 5) is 19.0. The lowest BCUT2D eigenvalue weighted by atomic mass is 10.1. The molecule has 1 heterocycles. The number of methoxy groups -OCH3 is 1. The van der Waals surface area contributed by atoms with E-state index in [-0.39, 0.29) is 5.91 Å². The highest BCUT2D eigenvalue weighted by Gasteiger charge is 2.19. The summed E-state index contributed by atoms with van der Waals surface area (Å²) in [7, 11) is 1.65. The van der Waals surface area contributed by atoms with E-state index in [0.29, 0.717) is 24.6 Å². The van der Waals surface area contributed by atoms with Crippen molar-refractivity contribution in [3.05, 3.63) is 59.4 Å². The predicted molar refractivity (Wildman–Crippen MR) is 91.5 cm³/mol. The van der Waals surface area contributed by atoms with Crippen LogP contribution in [0.15, 0.2) is 42.6 Å². The average molecular weight is 312 g/mol. The lowest BCUT2D eigenvalue weighted by molar-refractivity contribution is 0.0721. The van der Waals surface area contributed by atoms with Crippen LogP contribution in [0.1, 0.15) is 35.5 Å². The number of amides is 1. The third kappa shape index (κ3) is 4.55. The molecule has 1 aromatic carbocycles. The van der Waals surface area contributed by atoms with Gasteiger partial charge in [-0.25, -0.2) is 0 Å². The molecule has 1 aromatic heterocycles. The minimum atomic E-state index is 0.0279. The van der Waals surface area contributed by atoms with Crippen molar-refractivity contribution in [2.24, 2.45) is 5.92 Å². The summed E-state index contributed by atoms with van der Waals surface area (Å²) in [5.74, 6) is 1.24. The number of carbonyl (C=O) groups is 1. The fourth-order valence-corrected chi connectivity index (χ4v) is 2.49. The minimum absolute atomic E-state index is 0.0279. The lowest BCUT2D eigenvalue weighted by Gasteiger charge is -2.25. The number of aromatic nitrogens is 1. The number of hydrogen-bond acceptors (Lipinski definition) is 3. The van der Waals surface area contributed by atoms with Crippen LogP contribution >= 0.6 is 0 Å². The van der Waals surface area contributed by atoms with E-state index in [1.165, 1.54) is 0 Å². The van der Waals surface area contributed by atoms with Gasteiger partial charge in [-0.05, 0) is 42.7 Å². The zero-order valence-corrected chi connectivity index (χ0v) is 14.2. The Kier molecular flexibility index (Phi) is 5.74. The first-order valence-electron chi connectivity index (χ1n) is 7.85. The molecule has 4 heteroatoms. The van der Waals surface area contributed by atoms with Crippen molar-refractivity contribution in [1.82, 2.24) is 9.88 Å². The maximum absolute atomic E-state index is 12.9. The van der Waals surface area contributed by atoms with Crippen LogP contribution in [0.25, 0.3) is 0 Å². The molecule has 23 heavy (non-hydrogen) atoms. The molecule has 2 rings (SSSR count).